The number of halogens is 1. The Balaban J connectivity index is 1.74. The van der Waals surface area contributed by atoms with E-state index in [0.29, 0.717) is 5.69 Å². The van der Waals surface area contributed by atoms with Gasteiger partial charge in [-0.05, 0) is 12.1 Å². The first-order valence-electron chi connectivity index (χ1n) is 6.29. The molecule has 6 heteroatoms. The monoisotopic (exact) mass is 262 g/mol. The van der Waals surface area contributed by atoms with Crippen molar-refractivity contribution < 1.29 is 9.13 Å². The van der Waals surface area contributed by atoms with Gasteiger partial charge in [0.15, 0.2) is 0 Å². The number of aromatic nitrogens is 3. The van der Waals surface area contributed by atoms with Crippen LogP contribution in [0.25, 0.3) is 5.69 Å². The van der Waals surface area contributed by atoms with Gasteiger partial charge in [-0.25, -0.2) is 9.07 Å². The van der Waals surface area contributed by atoms with Crippen molar-refractivity contribution in [2.45, 2.75) is 6.54 Å². The SMILES string of the molecule is Fc1ccccc1-n1cc(CN2CCOCC2)nn1. The zero-order valence-electron chi connectivity index (χ0n) is 10.5. The molecular weight excluding hydrogens is 247 g/mol. The van der Waals surface area contributed by atoms with E-state index in [1.54, 1.807) is 24.4 Å². The molecular formula is C13H15FN4O. The zero-order valence-corrected chi connectivity index (χ0v) is 10.5. The molecule has 2 heterocycles. The summed E-state index contributed by atoms with van der Waals surface area (Å²) in [7, 11) is 0. The van der Waals surface area contributed by atoms with Crippen molar-refractivity contribution in [1.29, 1.82) is 0 Å². The topological polar surface area (TPSA) is 43.2 Å². The number of benzene rings is 1. The second-order valence-corrected chi connectivity index (χ2v) is 4.49. The zero-order chi connectivity index (χ0) is 13.1. The standard InChI is InChI=1S/C13H15FN4O/c14-12-3-1-2-4-13(12)18-10-11(15-16-18)9-17-5-7-19-8-6-17/h1-4,10H,5-9H2. The van der Waals surface area contributed by atoms with Gasteiger partial charge >= 0.3 is 0 Å². The Morgan fingerprint density at radius 1 is 1.21 bits per heavy atom. The number of para-hydroxylation sites is 1. The molecule has 1 aliphatic heterocycles. The molecule has 100 valence electrons. The summed E-state index contributed by atoms with van der Waals surface area (Å²) in [6, 6.07) is 6.54. The highest BCUT2D eigenvalue weighted by Crippen LogP contribution is 2.12. The fourth-order valence-corrected chi connectivity index (χ4v) is 2.11. The van der Waals surface area contributed by atoms with Gasteiger partial charge in [0.05, 0.1) is 25.1 Å². The third-order valence-corrected chi connectivity index (χ3v) is 3.13. The van der Waals surface area contributed by atoms with Gasteiger partial charge in [-0.3, -0.25) is 4.90 Å². The molecule has 0 aliphatic carbocycles. The minimum atomic E-state index is -0.301. The molecule has 0 bridgehead atoms. The second kappa shape index (κ2) is 5.46. The van der Waals surface area contributed by atoms with Crippen LogP contribution in [0, 0.1) is 5.82 Å². The molecule has 5 nitrogen and oxygen atoms in total. The minimum absolute atomic E-state index is 0.301. The van der Waals surface area contributed by atoms with Crippen LogP contribution in [0.15, 0.2) is 30.5 Å². The van der Waals surface area contributed by atoms with E-state index in [0.717, 1.165) is 38.5 Å². The Hall–Kier alpha value is -1.79. The number of hydrogen-bond acceptors (Lipinski definition) is 4. The molecule has 0 N–H and O–H groups in total. The molecule has 1 fully saturated rings. The molecule has 19 heavy (non-hydrogen) atoms. The van der Waals surface area contributed by atoms with E-state index in [9.17, 15) is 4.39 Å². The van der Waals surface area contributed by atoms with Gasteiger partial charge in [-0.2, -0.15) is 0 Å². The first-order valence-corrected chi connectivity index (χ1v) is 6.29. The second-order valence-electron chi connectivity index (χ2n) is 4.49. The highest BCUT2D eigenvalue weighted by Gasteiger charge is 2.13. The Kier molecular flexibility index (Phi) is 3.52. The van der Waals surface area contributed by atoms with Gasteiger partial charge in [0.25, 0.3) is 0 Å². The van der Waals surface area contributed by atoms with Crippen LogP contribution in [-0.2, 0) is 11.3 Å². The van der Waals surface area contributed by atoms with E-state index in [1.807, 2.05) is 0 Å². The van der Waals surface area contributed by atoms with E-state index in [2.05, 4.69) is 15.2 Å². The van der Waals surface area contributed by atoms with Gasteiger partial charge in [-0.15, -0.1) is 5.10 Å². The molecule has 1 aromatic carbocycles. The molecule has 0 atom stereocenters. The van der Waals surface area contributed by atoms with Gasteiger partial charge in [0.1, 0.15) is 11.5 Å². The summed E-state index contributed by atoms with van der Waals surface area (Å²) >= 11 is 0. The first-order chi connectivity index (χ1) is 9.33. The van der Waals surface area contributed by atoms with Crippen LogP contribution in [0.4, 0.5) is 4.39 Å². The van der Waals surface area contributed by atoms with Crippen molar-refractivity contribution in [3.8, 4) is 5.69 Å². The summed E-state index contributed by atoms with van der Waals surface area (Å²) in [5.41, 5.74) is 1.26. The summed E-state index contributed by atoms with van der Waals surface area (Å²) in [6.07, 6.45) is 1.77. The number of morpholine rings is 1. The van der Waals surface area contributed by atoms with Gasteiger partial charge in [0.2, 0.25) is 0 Å². The van der Waals surface area contributed by atoms with E-state index in [-0.39, 0.29) is 5.82 Å². The molecule has 2 aromatic rings. The normalized spacial score (nSPS) is 16.7. The van der Waals surface area contributed by atoms with Crippen molar-refractivity contribution >= 4 is 0 Å². The predicted molar refractivity (Wildman–Crippen MR) is 67.4 cm³/mol. The summed E-state index contributed by atoms with van der Waals surface area (Å²) in [5.74, 6) is -0.301. The Bertz CT molecular complexity index is 551. The van der Waals surface area contributed by atoms with E-state index >= 15 is 0 Å². The number of ether oxygens (including phenoxy) is 1. The van der Waals surface area contributed by atoms with Gasteiger partial charge < -0.3 is 4.74 Å². The smallest absolute Gasteiger partial charge is 0.148 e. The minimum Gasteiger partial charge on any atom is -0.379 e. The third-order valence-electron chi connectivity index (χ3n) is 3.13. The van der Waals surface area contributed by atoms with Crippen LogP contribution < -0.4 is 0 Å². The maximum Gasteiger partial charge on any atom is 0.148 e. The molecule has 3 rings (SSSR count). The predicted octanol–water partition coefficient (Wildman–Crippen LogP) is 1.24. The van der Waals surface area contributed by atoms with E-state index in [4.69, 9.17) is 4.74 Å². The fourth-order valence-electron chi connectivity index (χ4n) is 2.11. The average molecular weight is 262 g/mol. The lowest BCUT2D eigenvalue weighted by molar-refractivity contribution is 0.0336. The lowest BCUT2D eigenvalue weighted by Crippen LogP contribution is -2.35. The Labute approximate surface area is 110 Å². The third kappa shape index (κ3) is 2.80. The van der Waals surface area contributed by atoms with E-state index in [1.165, 1.54) is 10.7 Å². The van der Waals surface area contributed by atoms with Crippen molar-refractivity contribution in [2.75, 3.05) is 26.3 Å². The van der Waals surface area contributed by atoms with Gasteiger partial charge in [-0.1, -0.05) is 17.3 Å². The van der Waals surface area contributed by atoms with Crippen molar-refractivity contribution in [1.82, 2.24) is 19.9 Å². The molecule has 0 spiro atoms. The van der Waals surface area contributed by atoms with Crippen LogP contribution in [0.2, 0.25) is 0 Å². The summed E-state index contributed by atoms with van der Waals surface area (Å²) in [6.45, 7) is 4.01. The lowest BCUT2D eigenvalue weighted by atomic mass is 10.3. The lowest BCUT2D eigenvalue weighted by Gasteiger charge is -2.25. The molecule has 0 amide bonds. The Morgan fingerprint density at radius 2 is 2.00 bits per heavy atom. The highest BCUT2D eigenvalue weighted by molar-refractivity contribution is 5.32. The van der Waals surface area contributed by atoms with Crippen LogP contribution in [0.1, 0.15) is 5.69 Å². The largest absolute Gasteiger partial charge is 0.379 e. The molecule has 0 saturated carbocycles. The first kappa shape index (κ1) is 12.3. The number of nitrogens with zero attached hydrogens (tertiary/aromatic N) is 4. The number of hydrogen-bond donors (Lipinski definition) is 0. The maximum atomic E-state index is 13.6. The average Bonchev–Trinajstić information content (AvgIpc) is 2.89. The van der Waals surface area contributed by atoms with Crippen molar-refractivity contribution in [3.05, 3.63) is 42.0 Å². The molecule has 1 saturated heterocycles. The summed E-state index contributed by atoms with van der Waals surface area (Å²) in [4.78, 5) is 2.25. The van der Waals surface area contributed by atoms with Crippen LogP contribution in [0.5, 0.6) is 0 Å². The van der Waals surface area contributed by atoms with Crippen molar-refractivity contribution in [2.24, 2.45) is 0 Å². The molecule has 1 aliphatic rings. The van der Waals surface area contributed by atoms with Crippen LogP contribution >= 0.6 is 0 Å². The quantitative estimate of drug-likeness (QED) is 0.834. The van der Waals surface area contributed by atoms with Crippen LogP contribution in [0.3, 0.4) is 0 Å². The fraction of sp³-hybridized carbons (Fsp3) is 0.385. The van der Waals surface area contributed by atoms with Gasteiger partial charge in [0, 0.05) is 19.6 Å². The Morgan fingerprint density at radius 3 is 2.79 bits per heavy atom. The molecule has 0 unspecified atom stereocenters. The summed E-state index contributed by atoms with van der Waals surface area (Å²) in [5, 5.41) is 8.07. The highest BCUT2D eigenvalue weighted by atomic mass is 19.1. The van der Waals surface area contributed by atoms with E-state index < -0.39 is 0 Å². The molecule has 0 radical (unpaired) electrons. The summed E-state index contributed by atoms with van der Waals surface area (Å²) < 4.78 is 20.4. The maximum absolute atomic E-state index is 13.6. The van der Waals surface area contributed by atoms with Crippen molar-refractivity contribution in [3.63, 3.8) is 0 Å². The van der Waals surface area contributed by atoms with Crippen LogP contribution in [-0.4, -0.2) is 46.2 Å². The molecule has 1 aromatic heterocycles. The number of rotatable bonds is 3.